The zero-order chi connectivity index (χ0) is 9.97. The van der Waals surface area contributed by atoms with Crippen molar-refractivity contribution in [3.05, 3.63) is 23.2 Å². The van der Waals surface area contributed by atoms with E-state index in [0.29, 0.717) is 0 Å². The zero-order valence-electron chi connectivity index (χ0n) is 8.06. The fourth-order valence-electron chi connectivity index (χ4n) is 1.14. The Bertz CT molecular complexity index is 419. The molecule has 0 atom stereocenters. The van der Waals surface area contributed by atoms with Crippen LogP contribution in [0.1, 0.15) is 10.8 Å². The fraction of sp³-hybridized carbons (Fsp3) is 0.375. The number of aromatic nitrogens is 4. The maximum Gasteiger partial charge on any atom is 0.217 e. The van der Waals surface area contributed by atoms with Crippen LogP contribution in [0.15, 0.2) is 12.4 Å². The van der Waals surface area contributed by atoms with Crippen LogP contribution in [0.3, 0.4) is 0 Å². The Morgan fingerprint density at radius 1 is 1.50 bits per heavy atom. The third-order valence-electron chi connectivity index (χ3n) is 1.82. The van der Waals surface area contributed by atoms with Crippen LogP contribution in [0.25, 0.3) is 5.13 Å². The van der Waals surface area contributed by atoms with Crippen molar-refractivity contribution < 1.29 is 0 Å². The summed E-state index contributed by atoms with van der Waals surface area (Å²) < 4.78 is 1.93. The van der Waals surface area contributed by atoms with Crippen molar-refractivity contribution in [3.8, 4) is 5.13 Å². The molecule has 5 nitrogen and oxygen atoms in total. The minimum Gasteiger partial charge on any atom is -0.313 e. The minimum atomic E-state index is 0.755. The molecule has 0 aromatic carbocycles. The second-order valence-electron chi connectivity index (χ2n) is 2.85. The van der Waals surface area contributed by atoms with Crippen molar-refractivity contribution in [3.63, 3.8) is 0 Å². The smallest absolute Gasteiger partial charge is 0.217 e. The number of aryl methyl sites for hydroxylation is 1. The van der Waals surface area contributed by atoms with Crippen LogP contribution >= 0.6 is 11.3 Å². The monoisotopic (exact) mass is 209 g/mol. The van der Waals surface area contributed by atoms with Gasteiger partial charge in [0.05, 0.1) is 0 Å². The van der Waals surface area contributed by atoms with E-state index in [1.807, 2.05) is 24.7 Å². The highest BCUT2D eigenvalue weighted by Gasteiger charge is 2.06. The van der Waals surface area contributed by atoms with Gasteiger partial charge in [-0.15, -0.1) is 10.2 Å². The Hall–Kier alpha value is -1.27. The van der Waals surface area contributed by atoms with Gasteiger partial charge < -0.3 is 5.32 Å². The standard InChI is InChI=1S/C8H11N5S/c1-6-10-3-4-13(6)8-12-11-7(14-8)5-9-2/h3-4,9H,5H2,1-2H3. The average molecular weight is 209 g/mol. The molecule has 2 aromatic rings. The van der Waals surface area contributed by atoms with Gasteiger partial charge in [-0.25, -0.2) is 4.98 Å². The van der Waals surface area contributed by atoms with Crippen molar-refractivity contribution in [2.45, 2.75) is 13.5 Å². The molecular formula is C8H11N5S. The topological polar surface area (TPSA) is 55.6 Å². The van der Waals surface area contributed by atoms with Crippen LogP contribution < -0.4 is 5.32 Å². The first-order valence-corrected chi connectivity index (χ1v) is 5.10. The van der Waals surface area contributed by atoms with Crippen LogP contribution in [0.4, 0.5) is 0 Å². The van der Waals surface area contributed by atoms with Crippen molar-refractivity contribution >= 4 is 11.3 Å². The molecular weight excluding hydrogens is 198 g/mol. The number of nitrogens with one attached hydrogen (secondary N) is 1. The predicted octanol–water partition coefficient (Wildman–Crippen LogP) is 0.752. The highest BCUT2D eigenvalue weighted by Crippen LogP contribution is 2.15. The Kier molecular flexibility index (Phi) is 2.55. The van der Waals surface area contributed by atoms with E-state index < -0.39 is 0 Å². The normalized spacial score (nSPS) is 10.7. The third kappa shape index (κ3) is 1.66. The lowest BCUT2D eigenvalue weighted by Crippen LogP contribution is -2.04. The Morgan fingerprint density at radius 2 is 2.36 bits per heavy atom. The van der Waals surface area contributed by atoms with Crippen LogP contribution in [-0.2, 0) is 6.54 Å². The van der Waals surface area contributed by atoms with Crippen molar-refractivity contribution in [1.82, 2.24) is 25.1 Å². The van der Waals surface area contributed by atoms with Gasteiger partial charge in [-0.1, -0.05) is 11.3 Å². The second kappa shape index (κ2) is 3.85. The van der Waals surface area contributed by atoms with E-state index in [1.165, 1.54) is 0 Å². The highest BCUT2D eigenvalue weighted by atomic mass is 32.1. The summed E-state index contributed by atoms with van der Waals surface area (Å²) in [5.74, 6) is 0.928. The molecule has 2 heterocycles. The van der Waals surface area contributed by atoms with Crippen molar-refractivity contribution in [2.24, 2.45) is 0 Å². The molecule has 0 amide bonds. The molecule has 0 spiro atoms. The lowest BCUT2D eigenvalue weighted by molar-refractivity contribution is 0.790. The van der Waals surface area contributed by atoms with Crippen molar-refractivity contribution in [2.75, 3.05) is 7.05 Å². The van der Waals surface area contributed by atoms with E-state index in [-0.39, 0.29) is 0 Å². The Labute approximate surface area is 85.8 Å². The van der Waals surface area contributed by atoms with E-state index in [2.05, 4.69) is 20.5 Å². The second-order valence-corrected chi connectivity index (χ2v) is 3.89. The SMILES string of the molecule is CNCc1nnc(-n2ccnc2C)s1. The quantitative estimate of drug-likeness (QED) is 0.810. The average Bonchev–Trinajstić information content (AvgIpc) is 2.74. The number of hydrogen-bond acceptors (Lipinski definition) is 5. The summed E-state index contributed by atoms with van der Waals surface area (Å²) in [4.78, 5) is 4.13. The molecule has 14 heavy (non-hydrogen) atoms. The van der Waals surface area contributed by atoms with Gasteiger partial charge in [0.15, 0.2) is 0 Å². The molecule has 0 saturated carbocycles. The van der Waals surface area contributed by atoms with Gasteiger partial charge >= 0.3 is 0 Å². The van der Waals surface area contributed by atoms with Gasteiger partial charge in [0.2, 0.25) is 5.13 Å². The van der Waals surface area contributed by atoms with Gasteiger partial charge in [-0.3, -0.25) is 4.57 Å². The molecule has 0 bridgehead atoms. The molecule has 1 N–H and O–H groups in total. The van der Waals surface area contributed by atoms with E-state index >= 15 is 0 Å². The first-order valence-electron chi connectivity index (χ1n) is 4.28. The van der Waals surface area contributed by atoms with E-state index in [1.54, 1.807) is 17.5 Å². The zero-order valence-corrected chi connectivity index (χ0v) is 8.88. The maximum absolute atomic E-state index is 4.13. The first kappa shape index (κ1) is 9.29. The number of nitrogens with zero attached hydrogens (tertiary/aromatic N) is 4. The summed E-state index contributed by atoms with van der Waals surface area (Å²) in [6, 6.07) is 0. The van der Waals surface area contributed by atoms with Gasteiger partial charge in [0.25, 0.3) is 0 Å². The molecule has 0 unspecified atom stereocenters. The third-order valence-corrected chi connectivity index (χ3v) is 2.74. The summed E-state index contributed by atoms with van der Waals surface area (Å²) in [6.45, 7) is 2.70. The van der Waals surface area contributed by atoms with Crippen LogP contribution in [0.2, 0.25) is 0 Å². The molecule has 0 saturated heterocycles. The van der Waals surface area contributed by atoms with Gasteiger partial charge in [0.1, 0.15) is 10.8 Å². The molecule has 2 aromatic heterocycles. The number of hydrogen-bond donors (Lipinski definition) is 1. The van der Waals surface area contributed by atoms with Gasteiger partial charge in [0, 0.05) is 18.9 Å². The van der Waals surface area contributed by atoms with Crippen LogP contribution in [0, 0.1) is 6.92 Å². The maximum atomic E-state index is 4.13. The molecule has 0 aliphatic rings. The molecule has 0 aliphatic heterocycles. The fourth-order valence-corrected chi connectivity index (χ4v) is 2.03. The van der Waals surface area contributed by atoms with Crippen molar-refractivity contribution in [1.29, 1.82) is 0 Å². The summed E-state index contributed by atoms with van der Waals surface area (Å²) in [5, 5.41) is 13.0. The van der Waals surface area contributed by atoms with E-state index in [4.69, 9.17) is 0 Å². The summed E-state index contributed by atoms with van der Waals surface area (Å²) in [5.41, 5.74) is 0. The molecule has 0 fully saturated rings. The minimum absolute atomic E-state index is 0.755. The summed E-state index contributed by atoms with van der Waals surface area (Å²) in [7, 11) is 1.89. The largest absolute Gasteiger partial charge is 0.313 e. The summed E-state index contributed by atoms with van der Waals surface area (Å²) in [6.07, 6.45) is 3.65. The first-order chi connectivity index (χ1) is 6.81. The number of imidazole rings is 1. The molecule has 0 radical (unpaired) electrons. The van der Waals surface area contributed by atoms with Gasteiger partial charge in [-0.05, 0) is 14.0 Å². The predicted molar refractivity (Wildman–Crippen MR) is 54.5 cm³/mol. The molecule has 74 valence electrons. The van der Waals surface area contributed by atoms with E-state index in [9.17, 15) is 0 Å². The lowest BCUT2D eigenvalue weighted by Gasteiger charge is -1.95. The van der Waals surface area contributed by atoms with Crippen LogP contribution in [-0.4, -0.2) is 26.8 Å². The summed E-state index contributed by atoms with van der Waals surface area (Å²) >= 11 is 1.57. The van der Waals surface area contributed by atoms with E-state index in [0.717, 1.165) is 22.5 Å². The Morgan fingerprint density at radius 3 is 3.00 bits per heavy atom. The Balaban J connectivity index is 2.29. The van der Waals surface area contributed by atoms with Crippen LogP contribution in [0.5, 0.6) is 0 Å². The molecule has 0 aliphatic carbocycles. The van der Waals surface area contributed by atoms with Gasteiger partial charge in [-0.2, -0.15) is 0 Å². The highest BCUT2D eigenvalue weighted by molar-refractivity contribution is 7.13. The molecule has 2 rings (SSSR count). The molecule has 6 heteroatoms. The number of rotatable bonds is 3. The lowest BCUT2D eigenvalue weighted by atomic mass is 10.7.